The lowest BCUT2D eigenvalue weighted by Crippen LogP contribution is -2.03. The van der Waals surface area contributed by atoms with Crippen LogP contribution in [0.15, 0.2) is 53.6 Å². The summed E-state index contributed by atoms with van der Waals surface area (Å²) in [7, 11) is 2.10. The Hall–Kier alpha value is -2.01. The summed E-state index contributed by atoms with van der Waals surface area (Å²) < 4.78 is 12.4. The molecule has 0 bridgehead atoms. The molecule has 0 saturated heterocycles. The molecule has 1 N–H and O–H groups in total. The van der Waals surface area contributed by atoms with Crippen molar-refractivity contribution in [2.75, 3.05) is 14.2 Å². The minimum Gasteiger partial charge on any atom is -0.497 e. The van der Waals surface area contributed by atoms with Gasteiger partial charge in [-0.1, -0.05) is 16.9 Å². The van der Waals surface area contributed by atoms with Crippen molar-refractivity contribution < 1.29 is 14.4 Å². The minimum atomic E-state index is -1.31. The van der Waals surface area contributed by atoms with Crippen LogP contribution in [0.25, 0.3) is 0 Å². The van der Waals surface area contributed by atoms with Crippen LogP contribution in [0.3, 0.4) is 0 Å². The summed E-state index contributed by atoms with van der Waals surface area (Å²) in [6.45, 7) is 0.00890. The molecular formula is C16H18N2O3PS+. The molecule has 0 aliphatic carbocycles. The fraction of sp³-hybridized carbons (Fsp3) is 0.188. The van der Waals surface area contributed by atoms with E-state index in [1.54, 1.807) is 49.4 Å². The predicted molar refractivity (Wildman–Crippen MR) is 95.6 cm³/mol. The van der Waals surface area contributed by atoms with Crippen molar-refractivity contribution >= 4 is 25.1 Å². The molecule has 0 saturated carbocycles. The van der Waals surface area contributed by atoms with E-state index >= 15 is 0 Å². The molecule has 5 nitrogen and oxygen atoms in total. The number of hydrazone groups is 1. The Morgan fingerprint density at radius 3 is 2.30 bits per heavy atom. The monoisotopic (exact) mass is 349 g/mol. The smallest absolute Gasteiger partial charge is 0.497 e. The van der Waals surface area contributed by atoms with Crippen molar-refractivity contribution in [3.63, 3.8) is 0 Å². The molecule has 0 amide bonds. The Morgan fingerprint density at radius 2 is 1.74 bits per heavy atom. The molecule has 0 heterocycles. The number of ether oxygens (including phenoxy) is 1. The molecular weight excluding hydrogens is 331 g/mol. The molecule has 2 aromatic rings. The second-order valence-corrected chi connectivity index (χ2v) is 6.81. The van der Waals surface area contributed by atoms with Gasteiger partial charge in [-0.15, -0.1) is 5.10 Å². The SMILES string of the molecule is COc1ccc(/C=N\N(C)[P+](=S)Oc2ccc(CO)cc2)cc1. The molecule has 0 aliphatic heterocycles. The number of nitrogens with zero attached hydrogens (tertiary/aromatic N) is 2. The minimum absolute atomic E-state index is 0.00890. The van der Waals surface area contributed by atoms with Gasteiger partial charge < -0.3 is 9.84 Å². The van der Waals surface area contributed by atoms with Gasteiger partial charge in [-0.2, -0.15) is 0 Å². The highest BCUT2D eigenvalue weighted by atomic mass is 32.4. The average molecular weight is 349 g/mol. The summed E-state index contributed by atoms with van der Waals surface area (Å²) in [4.78, 5) is 0. The first-order valence-corrected chi connectivity index (χ1v) is 9.11. The molecule has 0 radical (unpaired) electrons. The van der Waals surface area contributed by atoms with Gasteiger partial charge in [-0.3, -0.25) is 4.52 Å². The fourth-order valence-corrected chi connectivity index (χ4v) is 2.63. The van der Waals surface area contributed by atoms with E-state index in [2.05, 4.69) is 5.10 Å². The quantitative estimate of drug-likeness (QED) is 0.472. The first kappa shape index (κ1) is 17.3. The van der Waals surface area contributed by atoms with Gasteiger partial charge in [-0.05, 0) is 47.5 Å². The zero-order chi connectivity index (χ0) is 16.7. The van der Waals surface area contributed by atoms with Crippen LogP contribution in [0.5, 0.6) is 11.5 Å². The van der Waals surface area contributed by atoms with E-state index in [0.717, 1.165) is 16.9 Å². The zero-order valence-electron chi connectivity index (χ0n) is 12.9. The Morgan fingerprint density at radius 1 is 1.13 bits per heavy atom. The summed E-state index contributed by atoms with van der Waals surface area (Å²) in [6.07, 6.45) is 1.72. The zero-order valence-corrected chi connectivity index (χ0v) is 14.6. The molecule has 7 heteroatoms. The molecule has 1 atom stereocenters. The molecule has 120 valence electrons. The largest absolute Gasteiger partial charge is 0.540 e. The maximum absolute atomic E-state index is 9.02. The third-order valence-electron chi connectivity index (χ3n) is 3.02. The second kappa shape index (κ2) is 8.58. The Balaban J connectivity index is 1.94. The van der Waals surface area contributed by atoms with E-state index in [0.29, 0.717) is 5.75 Å². The first-order chi connectivity index (χ1) is 11.1. The summed E-state index contributed by atoms with van der Waals surface area (Å²) in [5.41, 5.74) is 1.78. The number of methoxy groups -OCH3 is 1. The van der Waals surface area contributed by atoms with Crippen LogP contribution in [0.2, 0.25) is 0 Å². The van der Waals surface area contributed by atoms with Crippen LogP contribution >= 0.6 is 7.07 Å². The van der Waals surface area contributed by atoms with Crippen LogP contribution in [0.4, 0.5) is 0 Å². The van der Waals surface area contributed by atoms with Gasteiger partial charge in [0.2, 0.25) is 11.8 Å². The molecule has 1 unspecified atom stereocenters. The summed E-state index contributed by atoms with van der Waals surface area (Å²) in [5, 5.41) is 13.3. The van der Waals surface area contributed by atoms with Crippen LogP contribution in [-0.4, -0.2) is 30.3 Å². The van der Waals surface area contributed by atoms with E-state index in [1.165, 1.54) is 0 Å². The molecule has 0 fully saturated rings. The van der Waals surface area contributed by atoms with Crippen molar-refractivity contribution in [3.05, 3.63) is 59.7 Å². The number of hydrogen-bond acceptors (Lipinski definition) is 5. The third kappa shape index (κ3) is 5.28. The molecule has 2 rings (SSSR count). The van der Waals surface area contributed by atoms with Crippen LogP contribution in [0.1, 0.15) is 11.1 Å². The lowest BCUT2D eigenvalue weighted by molar-refractivity contribution is 0.282. The van der Waals surface area contributed by atoms with Gasteiger partial charge in [0.1, 0.15) is 5.75 Å². The van der Waals surface area contributed by atoms with Gasteiger partial charge in [0.25, 0.3) is 0 Å². The molecule has 0 aliphatic rings. The van der Waals surface area contributed by atoms with E-state index in [-0.39, 0.29) is 6.61 Å². The number of rotatable bonds is 7. The van der Waals surface area contributed by atoms with Crippen molar-refractivity contribution in [2.24, 2.45) is 5.10 Å². The van der Waals surface area contributed by atoms with Gasteiger partial charge in [-0.25, -0.2) is 0 Å². The Labute approximate surface area is 141 Å². The van der Waals surface area contributed by atoms with E-state index in [9.17, 15) is 0 Å². The van der Waals surface area contributed by atoms with Crippen molar-refractivity contribution in [3.8, 4) is 11.5 Å². The summed E-state index contributed by atoms with van der Waals surface area (Å²) in [6, 6.07) is 14.7. The molecule has 0 spiro atoms. The van der Waals surface area contributed by atoms with Gasteiger partial charge >= 0.3 is 7.07 Å². The third-order valence-corrected chi connectivity index (χ3v) is 4.89. The van der Waals surface area contributed by atoms with Crippen LogP contribution in [-0.2, 0) is 18.4 Å². The van der Waals surface area contributed by atoms with Crippen LogP contribution in [0, 0.1) is 0 Å². The highest BCUT2D eigenvalue weighted by Gasteiger charge is 2.20. The second-order valence-electron chi connectivity index (χ2n) is 4.64. The van der Waals surface area contributed by atoms with E-state index < -0.39 is 7.07 Å². The summed E-state index contributed by atoms with van der Waals surface area (Å²) in [5.74, 6) is 1.46. The highest BCUT2D eigenvalue weighted by molar-refractivity contribution is 8.02. The normalized spacial score (nSPS) is 11.3. The number of aliphatic hydroxyl groups is 1. The fourth-order valence-electron chi connectivity index (χ4n) is 1.69. The predicted octanol–water partition coefficient (Wildman–Crippen LogP) is 3.31. The maximum Gasteiger partial charge on any atom is 0.540 e. The van der Waals surface area contributed by atoms with Crippen molar-refractivity contribution in [2.45, 2.75) is 6.61 Å². The highest BCUT2D eigenvalue weighted by Crippen LogP contribution is 2.30. The Bertz CT molecular complexity index is 675. The summed E-state index contributed by atoms with van der Waals surface area (Å²) >= 11 is 5.34. The number of benzene rings is 2. The Kier molecular flexibility index (Phi) is 6.47. The van der Waals surface area contributed by atoms with Gasteiger partial charge in [0, 0.05) is 0 Å². The molecule has 23 heavy (non-hydrogen) atoms. The number of aliphatic hydroxyl groups excluding tert-OH is 1. The molecule has 2 aromatic carbocycles. The molecule has 0 aromatic heterocycles. The van der Waals surface area contributed by atoms with Gasteiger partial charge in [0.05, 0.1) is 27.0 Å². The lowest BCUT2D eigenvalue weighted by Gasteiger charge is -2.03. The van der Waals surface area contributed by atoms with E-state index in [1.807, 2.05) is 24.3 Å². The lowest BCUT2D eigenvalue weighted by atomic mass is 10.2. The number of hydrogen-bond donors (Lipinski definition) is 1. The van der Waals surface area contributed by atoms with Crippen LogP contribution < -0.4 is 9.26 Å². The first-order valence-electron chi connectivity index (χ1n) is 6.89. The maximum atomic E-state index is 9.02. The average Bonchev–Trinajstić information content (AvgIpc) is 2.60. The van der Waals surface area contributed by atoms with Gasteiger partial charge in [0.15, 0.2) is 5.75 Å². The standard InChI is InChI=1S/C16H18N2O3PS/c1-18(17-11-13-3-7-15(20-2)8-4-13)22(23)21-16-9-5-14(12-19)6-10-16/h3-11,19H,12H2,1-2H3/q+1/b17-11-. The van der Waals surface area contributed by atoms with Crippen molar-refractivity contribution in [1.82, 2.24) is 4.78 Å². The van der Waals surface area contributed by atoms with Crippen molar-refractivity contribution in [1.29, 1.82) is 0 Å². The topological polar surface area (TPSA) is 54.3 Å². The van der Waals surface area contributed by atoms with E-state index in [4.69, 9.17) is 26.2 Å².